The zero-order valence-corrected chi connectivity index (χ0v) is 26.8. The summed E-state index contributed by atoms with van der Waals surface area (Å²) in [6, 6.07) is 8.29. The number of carbonyl (C=O) groups excluding carboxylic acids is 1. The van der Waals surface area contributed by atoms with E-state index in [0.29, 0.717) is 44.3 Å². The molecule has 3 aromatic rings. The molecule has 1 aliphatic carbocycles. The van der Waals surface area contributed by atoms with Crippen LogP contribution >= 0.6 is 11.8 Å². The first-order valence-electron chi connectivity index (χ1n) is 15.4. The van der Waals surface area contributed by atoms with Crippen LogP contribution in [-0.2, 0) is 21.3 Å². The number of benzene rings is 1. The van der Waals surface area contributed by atoms with E-state index in [1.165, 1.54) is 0 Å². The van der Waals surface area contributed by atoms with Gasteiger partial charge in [0.25, 0.3) is 5.56 Å². The van der Waals surface area contributed by atoms with Crippen LogP contribution in [0.5, 0.6) is 5.75 Å². The number of aryl methyl sites for hydroxylation is 1. The first kappa shape index (κ1) is 31.5. The Kier molecular flexibility index (Phi) is 10.1. The average molecular weight is 612 g/mol. The monoisotopic (exact) mass is 611 g/mol. The molecule has 234 valence electrons. The van der Waals surface area contributed by atoms with Gasteiger partial charge >= 0.3 is 6.09 Å². The number of likely N-dealkylation sites (tertiary alicyclic amines) is 1. The number of carbonyl (C=O) groups is 1. The first-order valence-corrected chi connectivity index (χ1v) is 16.4. The van der Waals surface area contributed by atoms with Crippen LogP contribution in [0.1, 0.15) is 53.4 Å². The molecule has 0 radical (unpaired) electrons. The number of hydrogen-bond donors (Lipinski definition) is 1. The Hall–Kier alpha value is -2.95. The number of thioether (sulfide) groups is 1. The number of hydrogen-bond acceptors (Lipinski definition) is 7. The van der Waals surface area contributed by atoms with E-state index in [2.05, 4.69) is 30.1 Å². The number of aromatic nitrogens is 2. The van der Waals surface area contributed by atoms with Crippen molar-refractivity contribution in [1.29, 1.82) is 0 Å². The third-order valence-corrected chi connectivity index (χ3v) is 8.71. The van der Waals surface area contributed by atoms with Crippen LogP contribution in [0.4, 0.5) is 4.79 Å². The van der Waals surface area contributed by atoms with Gasteiger partial charge in [-0.15, -0.1) is 11.8 Å². The summed E-state index contributed by atoms with van der Waals surface area (Å²) in [6.45, 7) is 10.6. The standard InChI is InChI=1S/C33H45N3O6S/c1-6-43-24-9-10-28(26(19-24)27-20-35(5)31(37)30-25(27)11-14-34-30)41-29(22-7-8-22)21-39-17-18-40-23-12-15-36(16-13-23)32(38)42-33(2,3)4/h9-11,14,19-20,22-23,29,34H,6-8,12-13,15-18,21H2,1-5H3. The molecule has 0 spiro atoms. The summed E-state index contributed by atoms with van der Waals surface area (Å²) in [4.78, 5) is 31.1. The van der Waals surface area contributed by atoms with Gasteiger partial charge in [-0.05, 0) is 82.4 Å². The second-order valence-corrected chi connectivity index (χ2v) is 13.8. The van der Waals surface area contributed by atoms with Crippen LogP contribution in [0.15, 0.2) is 46.3 Å². The van der Waals surface area contributed by atoms with Crippen molar-refractivity contribution in [3.05, 3.63) is 47.0 Å². The van der Waals surface area contributed by atoms with Crippen LogP contribution in [0.25, 0.3) is 22.0 Å². The number of amides is 1. The van der Waals surface area contributed by atoms with Gasteiger partial charge < -0.3 is 33.4 Å². The van der Waals surface area contributed by atoms with E-state index in [1.807, 2.05) is 39.2 Å². The molecular weight excluding hydrogens is 566 g/mol. The summed E-state index contributed by atoms with van der Waals surface area (Å²) in [5.41, 5.74) is 2.00. The topological polar surface area (TPSA) is 95.0 Å². The maximum absolute atomic E-state index is 12.7. The Morgan fingerprint density at radius 2 is 1.86 bits per heavy atom. The molecule has 5 rings (SSSR count). The van der Waals surface area contributed by atoms with Gasteiger partial charge in [-0.25, -0.2) is 4.79 Å². The number of fused-ring (bicyclic) bond motifs is 1. The highest BCUT2D eigenvalue weighted by molar-refractivity contribution is 7.99. The Morgan fingerprint density at radius 1 is 1.09 bits per heavy atom. The molecule has 1 saturated carbocycles. The van der Waals surface area contributed by atoms with Crippen LogP contribution in [-0.4, -0.2) is 77.0 Å². The van der Waals surface area contributed by atoms with Gasteiger partial charge in [0.1, 0.15) is 23.0 Å². The quantitative estimate of drug-likeness (QED) is 0.192. The van der Waals surface area contributed by atoms with E-state index < -0.39 is 5.60 Å². The third-order valence-electron chi connectivity index (χ3n) is 7.83. The fourth-order valence-corrected chi connectivity index (χ4v) is 6.16. The second-order valence-electron chi connectivity index (χ2n) is 12.4. The number of nitrogens with one attached hydrogen (secondary N) is 1. The highest BCUT2D eigenvalue weighted by Gasteiger charge is 2.34. The van der Waals surface area contributed by atoms with E-state index in [1.54, 1.807) is 28.3 Å². The molecule has 1 amide bonds. The van der Waals surface area contributed by atoms with Crippen LogP contribution in [0.2, 0.25) is 0 Å². The van der Waals surface area contributed by atoms with Crippen molar-refractivity contribution in [2.24, 2.45) is 13.0 Å². The predicted molar refractivity (Wildman–Crippen MR) is 170 cm³/mol. The molecule has 1 unspecified atom stereocenters. The third kappa shape index (κ3) is 8.16. The maximum Gasteiger partial charge on any atom is 0.410 e. The first-order chi connectivity index (χ1) is 20.6. The molecule has 2 aromatic heterocycles. The molecule has 1 aromatic carbocycles. The Balaban J connectivity index is 1.18. The Labute approximate surface area is 258 Å². The number of ether oxygens (including phenoxy) is 4. The summed E-state index contributed by atoms with van der Waals surface area (Å²) in [5, 5.41) is 0.889. The summed E-state index contributed by atoms with van der Waals surface area (Å²) < 4.78 is 26.0. The van der Waals surface area contributed by atoms with Gasteiger partial charge in [0, 0.05) is 53.9 Å². The molecule has 3 heterocycles. The largest absolute Gasteiger partial charge is 0.487 e. The normalized spacial score (nSPS) is 16.9. The van der Waals surface area contributed by atoms with Gasteiger partial charge in [0.05, 0.1) is 25.9 Å². The fraction of sp³-hybridized carbons (Fsp3) is 0.576. The molecule has 0 bridgehead atoms. The molecule has 2 fully saturated rings. The maximum atomic E-state index is 12.7. The van der Waals surface area contributed by atoms with Gasteiger partial charge in [0.15, 0.2) is 0 Å². The van der Waals surface area contributed by atoms with Crippen LogP contribution in [0.3, 0.4) is 0 Å². The molecular formula is C33H45N3O6S. The average Bonchev–Trinajstić information content (AvgIpc) is 3.70. The zero-order valence-electron chi connectivity index (χ0n) is 26.0. The van der Waals surface area contributed by atoms with Crippen molar-refractivity contribution in [2.75, 3.05) is 38.7 Å². The SMILES string of the molecule is CCSc1ccc(OC(COCCOC2CCN(C(=O)OC(C)(C)C)CC2)C2CC2)c(-c2cn(C)c(=O)c3[nH]ccc23)c1. The number of nitrogens with zero attached hydrogens (tertiary/aromatic N) is 2. The van der Waals surface area contributed by atoms with E-state index in [-0.39, 0.29) is 23.9 Å². The van der Waals surface area contributed by atoms with E-state index in [0.717, 1.165) is 58.6 Å². The lowest BCUT2D eigenvalue weighted by molar-refractivity contribution is -0.0392. The molecule has 1 atom stereocenters. The van der Waals surface area contributed by atoms with Gasteiger partial charge in [0.2, 0.25) is 0 Å². The fourth-order valence-electron chi connectivity index (χ4n) is 5.46. The Bertz CT molecular complexity index is 1450. The molecule has 1 N–H and O–H groups in total. The lowest BCUT2D eigenvalue weighted by Crippen LogP contribution is -2.43. The number of piperidine rings is 1. The van der Waals surface area contributed by atoms with Crippen molar-refractivity contribution in [1.82, 2.24) is 14.5 Å². The Morgan fingerprint density at radius 3 is 2.56 bits per heavy atom. The number of rotatable bonds is 12. The van der Waals surface area contributed by atoms with Crippen LogP contribution in [0, 0.1) is 5.92 Å². The highest BCUT2D eigenvalue weighted by atomic mass is 32.2. The molecule has 2 aliphatic rings. The van der Waals surface area contributed by atoms with Gasteiger partial charge in [-0.2, -0.15) is 0 Å². The second kappa shape index (κ2) is 13.8. The van der Waals surface area contributed by atoms with Gasteiger partial charge in [-0.1, -0.05) is 6.92 Å². The van der Waals surface area contributed by atoms with Crippen molar-refractivity contribution >= 4 is 28.8 Å². The number of aromatic amines is 1. The predicted octanol–water partition coefficient (Wildman–Crippen LogP) is 6.24. The van der Waals surface area contributed by atoms with Crippen molar-refractivity contribution < 1.29 is 23.7 Å². The van der Waals surface area contributed by atoms with Gasteiger partial charge in [-0.3, -0.25) is 4.79 Å². The zero-order chi connectivity index (χ0) is 30.6. The number of H-pyrrole nitrogens is 1. The van der Waals surface area contributed by atoms with Crippen molar-refractivity contribution in [3.8, 4) is 16.9 Å². The van der Waals surface area contributed by atoms with Crippen molar-refractivity contribution in [3.63, 3.8) is 0 Å². The van der Waals surface area contributed by atoms with Crippen LogP contribution < -0.4 is 10.3 Å². The minimum Gasteiger partial charge on any atom is -0.487 e. The lowest BCUT2D eigenvalue weighted by atomic mass is 10.0. The number of pyridine rings is 1. The molecule has 10 heteroatoms. The van der Waals surface area contributed by atoms with Crippen molar-refractivity contribution in [2.45, 2.75) is 76.1 Å². The van der Waals surface area contributed by atoms with E-state index in [4.69, 9.17) is 18.9 Å². The summed E-state index contributed by atoms with van der Waals surface area (Å²) in [7, 11) is 1.78. The summed E-state index contributed by atoms with van der Waals surface area (Å²) in [5.74, 6) is 2.23. The smallest absolute Gasteiger partial charge is 0.410 e. The molecule has 9 nitrogen and oxygen atoms in total. The lowest BCUT2D eigenvalue weighted by Gasteiger charge is -2.33. The molecule has 1 aliphatic heterocycles. The van der Waals surface area contributed by atoms with E-state index in [9.17, 15) is 9.59 Å². The molecule has 1 saturated heterocycles. The minimum absolute atomic E-state index is 0.0506. The summed E-state index contributed by atoms with van der Waals surface area (Å²) in [6.07, 6.45) is 7.36. The summed E-state index contributed by atoms with van der Waals surface area (Å²) >= 11 is 1.78. The molecule has 43 heavy (non-hydrogen) atoms. The highest BCUT2D eigenvalue weighted by Crippen LogP contribution is 2.41. The minimum atomic E-state index is -0.487. The van der Waals surface area contributed by atoms with E-state index >= 15 is 0 Å².